The molecule has 72 heavy (non-hydrogen) atoms. The Morgan fingerprint density at radius 3 is 0.792 bits per heavy atom. The van der Waals surface area contributed by atoms with E-state index in [-0.39, 0.29) is 37.5 Å². The van der Waals surface area contributed by atoms with Crippen LogP contribution in [0.1, 0.15) is 220 Å². The first-order valence-electron chi connectivity index (χ1n) is 28.5. The first kappa shape index (κ1) is 67.0. The number of carbonyl (C=O) groups excluding carboxylic acids is 3. The van der Waals surface area contributed by atoms with Crippen LogP contribution in [-0.4, -0.2) is 37.2 Å². The van der Waals surface area contributed by atoms with Crippen LogP contribution >= 0.6 is 0 Å². The number of rotatable bonds is 49. The van der Waals surface area contributed by atoms with E-state index in [2.05, 4.69) is 179 Å². The van der Waals surface area contributed by atoms with Crippen molar-refractivity contribution in [1.29, 1.82) is 0 Å². The van der Waals surface area contributed by atoms with Crippen molar-refractivity contribution >= 4 is 17.9 Å². The van der Waals surface area contributed by atoms with Crippen molar-refractivity contribution < 1.29 is 28.6 Å². The van der Waals surface area contributed by atoms with Gasteiger partial charge >= 0.3 is 17.9 Å². The molecule has 1 atom stereocenters. The van der Waals surface area contributed by atoms with Crippen molar-refractivity contribution in [2.75, 3.05) is 13.2 Å². The largest absolute Gasteiger partial charge is 0.462 e. The van der Waals surface area contributed by atoms with Gasteiger partial charge in [0.25, 0.3) is 0 Å². The minimum atomic E-state index is -0.824. The second kappa shape index (κ2) is 58.6. The van der Waals surface area contributed by atoms with Crippen LogP contribution in [0, 0.1) is 0 Å². The van der Waals surface area contributed by atoms with Gasteiger partial charge in [0.2, 0.25) is 0 Å². The molecule has 0 heterocycles. The van der Waals surface area contributed by atoms with Crippen LogP contribution in [0.25, 0.3) is 0 Å². The number of esters is 3. The first-order chi connectivity index (χ1) is 35.5. The standard InChI is InChI=1S/C66H102O6/c1-4-7-10-13-16-19-22-25-28-31-33-35-38-41-44-47-50-53-56-59-65(68)71-62-63(61-70-64(67)58-55-52-49-46-43-40-37-30-27-24-21-18-15-12-9-6-3)72-66(69)60-57-54-51-48-45-42-39-36-34-32-29-26-23-20-17-14-11-8-5-2/h7-12,16-21,25-30,33-36,41-42,44-45,63H,4-6,13-15,22-24,31-32,37-40,43,46-62H2,1-3H3/b10-7-,11-8-,12-9-,19-16-,20-17-,21-18-,28-25-,29-26-,30-27-,35-33-,36-34-,44-41-,45-42-. The second-order valence-corrected chi connectivity index (χ2v) is 18.0. The van der Waals surface area contributed by atoms with Crippen molar-refractivity contribution in [3.63, 3.8) is 0 Å². The average Bonchev–Trinajstić information content (AvgIpc) is 3.38. The SMILES string of the molecule is CC/C=C\C/C=C\C/C=C\C/C=C\C/C=C\CCCCCC(=O)OCC(COC(=O)CCCCCCCC/C=C\C/C=C\C/C=C\CC)OC(=O)CCCCC/C=C\C/C=C\C/C=C\C/C=C\C/C=C\CC. The summed E-state index contributed by atoms with van der Waals surface area (Å²) in [6, 6.07) is 0. The maximum Gasteiger partial charge on any atom is 0.306 e. The summed E-state index contributed by atoms with van der Waals surface area (Å²) in [6.07, 6.45) is 85.1. The van der Waals surface area contributed by atoms with Crippen LogP contribution in [0.2, 0.25) is 0 Å². The van der Waals surface area contributed by atoms with Gasteiger partial charge in [-0.15, -0.1) is 0 Å². The summed E-state index contributed by atoms with van der Waals surface area (Å²) in [5.74, 6) is -1.00. The molecule has 0 aromatic rings. The Bertz CT molecular complexity index is 1660. The van der Waals surface area contributed by atoms with Gasteiger partial charge in [-0.2, -0.15) is 0 Å². The highest BCUT2D eigenvalue weighted by molar-refractivity contribution is 5.71. The van der Waals surface area contributed by atoms with Gasteiger partial charge in [-0.05, 0) is 141 Å². The van der Waals surface area contributed by atoms with Crippen LogP contribution in [0.15, 0.2) is 158 Å². The van der Waals surface area contributed by atoms with E-state index in [1.165, 1.54) is 12.8 Å². The Kier molecular flexibility index (Phi) is 54.6. The highest BCUT2D eigenvalue weighted by Crippen LogP contribution is 2.12. The van der Waals surface area contributed by atoms with Gasteiger partial charge in [-0.1, -0.05) is 217 Å². The zero-order chi connectivity index (χ0) is 52.2. The van der Waals surface area contributed by atoms with Gasteiger partial charge in [0.05, 0.1) is 0 Å². The number of ether oxygens (including phenoxy) is 3. The topological polar surface area (TPSA) is 78.9 Å². The van der Waals surface area contributed by atoms with E-state index in [0.29, 0.717) is 19.3 Å². The second-order valence-electron chi connectivity index (χ2n) is 18.0. The first-order valence-corrected chi connectivity index (χ1v) is 28.5. The minimum absolute atomic E-state index is 0.117. The maximum absolute atomic E-state index is 12.9. The average molecular weight is 992 g/mol. The molecule has 0 spiro atoms. The fourth-order valence-corrected chi connectivity index (χ4v) is 7.10. The highest BCUT2D eigenvalue weighted by atomic mass is 16.6. The molecule has 0 aromatic heterocycles. The third kappa shape index (κ3) is 56.0. The van der Waals surface area contributed by atoms with Crippen LogP contribution in [0.5, 0.6) is 0 Å². The van der Waals surface area contributed by atoms with E-state index in [9.17, 15) is 14.4 Å². The molecular formula is C66H102O6. The van der Waals surface area contributed by atoms with Gasteiger partial charge in [0.15, 0.2) is 6.10 Å². The summed E-state index contributed by atoms with van der Waals surface area (Å²) in [5.41, 5.74) is 0. The maximum atomic E-state index is 12.9. The van der Waals surface area contributed by atoms with Crippen LogP contribution in [0.3, 0.4) is 0 Å². The Morgan fingerprint density at radius 2 is 0.500 bits per heavy atom. The number of unbranched alkanes of at least 4 members (excludes halogenated alkanes) is 12. The summed E-state index contributed by atoms with van der Waals surface area (Å²) in [4.78, 5) is 38.2. The lowest BCUT2D eigenvalue weighted by Crippen LogP contribution is -2.30. The third-order valence-electron chi connectivity index (χ3n) is 11.3. The molecule has 0 radical (unpaired) electrons. The molecule has 6 nitrogen and oxygen atoms in total. The van der Waals surface area contributed by atoms with Crippen molar-refractivity contribution in [2.24, 2.45) is 0 Å². The van der Waals surface area contributed by atoms with E-state index >= 15 is 0 Å². The van der Waals surface area contributed by atoms with Crippen LogP contribution in [0.4, 0.5) is 0 Å². The Morgan fingerprint density at radius 1 is 0.278 bits per heavy atom. The summed E-state index contributed by atoms with van der Waals surface area (Å²) in [7, 11) is 0. The fourth-order valence-electron chi connectivity index (χ4n) is 7.10. The normalized spacial score (nSPS) is 13.3. The molecule has 0 saturated carbocycles. The molecular weight excluding hydrogens is 889 g/mol. The highest BCUT2D eigenvalue weighted by Gasteiger charge is 2.19. The van der Waals surface area contributed by atoms with E-state index in [1.54, 1.807) is 0 Å². The predicted molar refractivity (Wildman–Crippen MR) is 311 cm³/mol. The monoisotopic (exact) mass is 991 g/mol. The molecule has 402 valence electrons. The van der Waals surface area contributed by atoms with Gasteiger partial charge in [-0.3, -0.25) is 14.4 Å². The van der Waals surface area contributed by atoms with E-state index in [0.717, 1.165) is 161 Å². The van der Waals surface area contributed by atoms with Crippen molar-refractivity contribution in [1.82, 2.24) is 0 Å². The molecule has 0 N–H and O–H groups in total. The molecule has 0 bridgehead atoms. The Labute approximate surface area is 441 Å². The lowest BCUT2D eigenvalue weighted by Gasteiger charge is -2.18. The molecule has 0 aliphatic rings. The van der Waals surface area contributed by atoms with E-state index in [4.69, 9.17) is 14.2 Å². The fraction of sp³-hybridized carbons (Fsp3) is 0.561. The summed E-state index contributed by atoms with van der Waals surface area (Å²) in [6.45, 7) is 6.22. The number of allylic oxidation sites excluding steroid dienone is 26. The molecule has 6 heteroatoms. The molecule has 0 rings (SSSR count). The predicted octanol–water partition coefficient (Wildman–Crippen LogP) is 19.4. The van der Waals surface area contributed by atoms with E-state index < -0.39 is 6.10 Å². The molecule has 0 aromatic carbocycles. The molecule has 1 unspecified atom stereocenters. The van der Waals surface area contributed by atoms with Crippen molar-refractivity contribution in [2.45, 2.75) is 226 Å². The van der Waals surface area contributed by atoms with Crippen LogP contribution in [-0.2, 0) is 28.6 Å². The summed E-state index contributed by atoms with van der Waals surface area (Å²) in [5, 5.41) is 0. The molecule has 0 aliphatic carbocycles. The van der Waals surface area contributed by atoms with Crippen LogP contribution < -0.4 is 0 Å². The summed E-state index contributed by atoms with van der Waals surface area (Å²) < 4.78 is 16.8. The number of carbonyl (C=O) groups is 3. The number of hydrogen-bond acceptors (Lipinski definition) is 6. The zero-order valence-electron chi connectivity index (χ0n) is 45.9. The summed E-state index contributed by atoms with van der Waals surface area (Å²) >= 11 is 0. The van der Waals surface area contributed by atoms with Gasteiger partial charge in [0.1, 0.15) is 13.2 Å². The lowest BCUT2D eigenvalue weighted by atomic mass is 10.1. The molecule has 0 saturated heterocycles. The third-order valence-corrected chi connectivity index (χ3v) is 11.3. The van der Waals surface area contributed by atoms with E-state index in [1.807, 2.05) is 0 Å². The molecule has 0 aliphatic heterocycles. The Balaban J connectivity index is 4.57. The minimum Gasteiger partial charge on any atom is -0.462 e. The lowest BCUT2D eigenvalue weighted by molar-refractivity contribution is -0.167. The van der Waals surface area contributed by atoms with Gasteiger partial charge in [-0.25, -0.2) is 0 Å². The molecule has 0 fully saturated rings. The van der Waals surface area contributed by atoms with Gasteiger partial charge in [0, 0.05) is 19.3 Å². The van der Waals surface area contributed by atoms with Gasteiger partial charge < -0.3 is 14.2 Å². The quantitative estimate of drug-likeness (QED) is 0.0262. The number of hydrogen-bond donors (Lipinski definition) is 0. The van der Waals surface area contributed by atoms with Crippen molar-refractivity contribution in [3.05, 3.63) is 158 Å². The smallest absolute Gasteiger partial charge is 0.306 e. The zero-order valence-corrected chi connectivity index (χ0v) is 45.9. The molecule has 0 amide bonds. The van der Waals surface area contributed by atoms with Crippen molar-refractivity contribution in [3.8, 4) is 0 Å². The Hall–Kier alpha value is -4.97.